The van der Waals surface area contributed by atoms with Crippen molar-refractivity contribution in [3.63, 3.8) is 0 Å². The zero-order valence-electron chi connectivity index (χ0n) is 10.6. The number of ether oxygens (including phenoxy) is 1. The van der Waals surface area contributed by atoms with E-state index in [4.69, 9.17) is 9.84 Å². The summed E-state index contributed by atoms with van der Waals surface area (Å²) in [6, 6.07) is 4.59. The van der Waals surface area contributed by atoms with Crippen LogP contribution in [0.25, 0.3) is 0 Å². The Morgan fingerprint density at radius 3 is 2.95 bits per heavy atom. The first-order chi connectivity index (χ1) is 9.11. The molecule has 0 saturated carbocycles. The van der Waals surface area contributed by atoms with Crippen LogP contribution in [0.1, 0.15) is 19.8 Å². The van der Waals surface area contributed by atoms with Gasteiger partial charge in [-0.15, -0.1) is 0 Å². The molecular weight excluding hydrogens is 248 g/mol. The number of amides is 1. The van der Waals surface area contributed by atoms with Crippen LogP contribution in [0.5, 0.6) is 5.75 Å². The van der Waals surface area contributed by atoms with Gasteiger partial charge in [-0.05, 0) is 18.6 Å². The molecular formula is C13H16N2O4. The van der Waals surface area contributed by atoms with Crippen LogP contribution in [0.3, 0.4) is 0 Å². The third-order valence-electron chi connectivity index (χ3n) is 2.76. The molecule has 1 heterocycles. The zero-order chi connectivity index (χ0) is 13.8. The SMILES string of the molecule is CCCOc1cccc2c1NC(=O)C(CC(=O)O)N2. The normalized spacial score (nSPS) is 17.1. The maximum atomic E-state index is 11.8. The zero-order valence-corrected chi connectivity index (χ0v) is 10.6. The highest BCUT2D eigenvalue weighted by Crippen LogP contribution is 2.36. The Morgan fingerprint density at radius 2 is 2.26 bits per heavy atom. The van der Waals surface area contributed by atoms with Crippen molar-refractivity contribution >= 4 is 23.3 Å². The number of nitrogens with one attached hydrogen (secondary N) is 2. The summed E-state index contributed by atoms with van der Waals surface area (Å²) in [4.78, 5) is 22.5. The minimum absolute atomic E-state index is 0.259. The molecule has 1 atom stereocenters. The second kappa shape index (κ2) is 5.60. The van der Waals surface area contributed by atoms with Gasteiger partial charge in [0.2, 0.25) is 5.91 Å². The lowest BCUT2D eigenvalue weighted by Gasteiger charge is -2.27. The lowest BCUT2D eigenvalue weighted by molar-refractivity contribution is -0.138. The summed E-state index contributed by atoms with van der Waals surface area (Å²) in [6.45, 7) is 2.56. The molecule has 6 heteroatoms. The lowest BCUT2D eigenvalue weighted by Crippen LogP contribution is -2.40. The van der Waals surface area contributed by atoms with Crippen LogP contribution in [-0.2, 0) is 9.59 Å². The van der Waals surface area contributed by atoms with E-state index in [1.54, 1.807) is 18.2 Å². The molecule has 0 aliphatic carbocycles. The van der Waals surface area contributed by atoms with E-state index < -0.39 is 12.0 Å². The van der Waals surface area contributed by atoms with Gasteiger partial charge in [-0.2, -0.15) is 0 Å². The van der Waals surface area contributed by atoms with Crippen molar-refractivity contribution in [2.24, 2.45) is 0 Å². The van der Waals surface area contributed by atoms with Crippen LogP contribution in [0.2, 0.25) is 0 Å². The second-order valence-electron chi connectivity index (χ2n) is 4.31. The molecule has 0 bridgehead atoms. The number of carbonyl (C=O) groups is 2. The van der Waals surface area contributed by atoms with Gasteiger partial charge in [-0.25, -0.2) is 0 Å². The van der Waals surface area contributed by atoms with Crippen molar-refractivity contribution in [2.45, 2.75) is 25.8 Å². The minimum atomic E-state index is -1.02. The van der Waals surface area contributed by atoms with Crippen molar-refractivity contribution in [1.82, 2.24) is 0 Å². The molecule has 0 fully saturated rings. The molecule has 102 valence electrons. The fraction of sp³-hybridized carbons (Fsp3) is 0.385. The Morgan fingerprint density at radius 1 is 1.47 bits per heavy atom. The summed E-state index contributed by atoms with van der Waals surface area (Å²) in [5.74, 6) is -0.786. The molecule has 1 aliphatic rings. The van der Waals surface area contributed by atoms with Gasteiger partial charge in [0.05, 0.1) is 18.7 Å². The topological polar surface area (TPSA) is 87.7 Å². The number of benzene rings is 1. The van der Waals surface area contributed by atoms with E-state index in [1.165, 1.54) is 0 Å². The van der Waals surface area contributed by atoms with Gasteiger partial charge in [0.1, 0.15) is 17.5 Å². The van der Waals surface area contributed by atoms with E-state index in [-0.39, 0.29) is 12.3 Å². The molecule has 19 heavy (non-hydrogen) atoms. The maximum absolute atomic E-state index is 11.8. The average Bonchev–Trinajstić information content (AvgIpc) is 2.37. The molecule has 0 spiro atoms. The van der Waals surface area contributed by atoms with Gasteiger partial charge in [0, 0.05) is 0 Å². The maximum Gasteiger partial charge on any atom is 0.305 e. The highest BCUT2D eigenvalue weighted by molar-refractivity contribution is 6.05. The smallest absolute Gasteiger partial charge is 0.305 e. The van der Waals surface area contributed by atoms with Crippen LogP contribution < -0.4 is 15.4 Å². The van der Waals surface area contributed by atoms with E-state index in [9.17, 15) is 9.59 Å². The number of hydrogen-bond acceptors (Lipinski definition) is 4. The number of para-hydroxylation sites is 1. The summed E-state index contributed by atoms with van der Waals surface area (Å²) in [7, 11) is 0. The first kappa shape index (κ1) is 13.2. The predicted octanol–water partition coefficient (Wildman–Crippen LogP) is 1.68. The fourth-order valence-corrected chi connectivity index (χ4v) is 1.89. The minimum Gasteiger partial charge on any atom is -0.491 e. The van der Waals surface area contributed by atoms with Crippen molar-refractivity contribution in [3.05, 3.63) is 18.2 Å². The summed E-state index contributed by atoms with van der Waals surface area (Å²) in [5, 5.41) is 14.4. The predicted molar refractivity (Wildman–Crippen MR) is 70.5 cm³/mol. The molecule has 1 aromatic carbocycles. The summed E-state index contributed by atoms with van der Waals surface area (Å²) in [6.07, 6.45) is 0.609. The Bertz CT molecular complexity index is 501. The van der Waals surface area contributed by atoms with Crippen molar-refractivity contribution < 1.29 is 19.4 Å². The number of carboxylic acid groups (broad SMARTS) is 1. The summed E-state index contributed by atoms with van der Waals surface area (Å²) < 4.78 is 5.55. The first-order valence-electron chi connectivity index (χ1n) is 6.16. The number of carboxylic acids is 1. The Labute approximate surface area is 110 Å². The molecule has 3 N–H and O–H groups in total. The lowest BCUT2D eigenvalue weighted by atomic mass is 10.1. The number of rotatable bonds is 5. The van der Waals surface area contributed by atoms with Crippen molar-refractivity contribution in [2.75, 3.05) is 17.2 Å². The molecule has 6 nitrogen and oxygen atoms in total. The molecule has 0 radical (unpaired) electrons. The standard InChI is InChI=1S/C13H16N2O4/c1-2-6-19-10-5-3-4-8-12(10)15-13(18)9(14-8)7-11(16)17/h3-5,9,14H,2,6-7H2,1H3,(H,15,18)(H,16,17). The number of fused-ring (bicyclic) bond motifs is 1. The first-order valence-corrected chi connectivity index (χ1v) is 6.16. The molecule has 1 unspecified atom stereocenters. The van der Waals surface area contributed by atoms with Crippen LogP contribution in [0, 0.1) is 0 Å². The van der Waals surface area contributed by atoms with Crippen molar-refractivity contribution in [3.8, 4) is 5.75 Å². The van der Waals surface area contributed by atoms with Crippen LogP contribution in [-0.4, -0.2) is 29.6 Å². The number of aliphatic carboxylic acids is 1. The molecule has 0 aromatic heterocycles. The summed E-state index contributed by atoms with van der Waals surface area (Å²) in [5.41, 5.74) is 1.25. The molecule has 1 aromatic rings. The quantitative estimate of drug-likeness (QED) is 0.753. The van der Waals surface area contributed by atoms with E-state index in [0.717, 1.165) is 6.42 Å². The van der Waals surface area contributed by atoms with Gasteiger partial charge in [-0.3, -0.25) is 9.59 Å². The van der Waals surface area contributed by atoms with Crippen LogP contribution >= 0.6 is 0 Å². The second-order valence-corrected chi connectivity index (χ2v) is 4.31. The van der Waals surface area contributed by atoms with E-state index in [2.05, 4.69) is 10.6 Å². The Balaban J connectivity index is 2.22. The molecule has 1 aliphatic heterocycles. The van der Waals surface area contributed by atoms with Gasteiger partial charge >= 0.3 is 5.97 Å². The Hall–Kier alpha value is -2.24. The third-order valence-corrected chi connectivity index (χ3v) is 2.76. The Kier molecular flexibility index (Phi) is 3.89. The van der Waals surface area contributed by atoms with Gasteiger partial charge in [0.25, 0.3) is 0 Å². The molecule has 0 saturated heterocycles. The highest BCUT2D eigenvalue weighted by atomic mass is 16.5. The van der Waals surface area contributed by atoms with Crippen LogP contribution in [0.15, 0.2) is 18.2 Å². The van der Waals surface area contributed by atoms with E-state index >= 15 is 0 Å². The number of carbonyl (C=O) groups excluding carboxylic acids is 1. The fourth-order valence-electron chi connectivity index (χ4n) is 1.89. The summed E-state index contributed by atoms with van der Waals surface area (Å²) >= 11 is 0. The van der Waals surface area contributed by atoms with Crippen molar-refractivity contribution in [1.29, 1.82) is 0 Å². The van der Waals surface area contributed by atoms with Gasteiger partial charge in [0.15, 0.2) is 0 Å². The molecule has 1 amide bonds. The number of anilines is 2. The van der Waals surface area contributed by atoms with Crippen LogP contribution in [0.4, 0.5) is 11.4 Å². The third kappa shape index (κ3) is 2.96. The molecule has 2 rings (SSSR count). The van der Waals surface area contributed by atoms with E-state index in [1.807, 2.05) is 6.92 Å². The largest absolute Gasteiger partial charge is 0.491 e. The monoisotopic (exact) mass is 264 g/mol. The van der Waals surface area contributed by atoms with E-state index in [0.29, 0.717) is 23.7 Å². The number of hydrogen-bond donors (Lipinski definition) is 3. The average molecular weight is 264 g/mol. The van der Waals surface area contributed by atoms with Gasteiger partial charge < -0.3 is 20.5 Å². The van der Waals surface area contributed by atoms with Gasteiger partial charge in [-0.1, -0.05) is 13.0 Å². The highest BCUT2D eigenvalue weighted by Gasteiger charge is 2.29.